The normalized spacial score (nSPS) is 12.0. The Hall–Kier alpha value is -1.91. The molecule has 1 rings (SSSR count). The number of aromatic nitrogens is 1. The molecule has 0 spiro atoms. The molecule has 0 fully saturated rings. The van der Waals surface area contributed by atoms with Crippen molar-refractivity contribution in [2.75, 3.05) is 13.6 Å². The van der Waals surface area contributed by atoms with E-state index >= 15 is 0 Å². The average molecular weight is 250 g/mol. The van der Waals surface area contributed by atoms with E-state index < -0.39 is 11.9 Å². The summed E-state index contributed by atoms with van der Waals surface area (Å²) in [5.74, 6) is -1.70. The molecule has 0 bridgehead atoms. The molecule has 1 unspecified atom stereocenters. The number of rotatable bonds is 4. The van der Waals surface area contributed by atoms with Crippen molar-refractivity contribution in [3.05, 3.63) is 29.1 Å². The van der Waals surface area contributed by atoms with Crippen LogP contribution in [0.2, 0.25) is 0 Å². The quantitative estimate of drug-likeness (QED) is 0.879. The van der Waals surface area contributed by atoms with Gasteiger partial charge in [-0.25, -0.2) is 0 Å². The van der Waals surface area contributed by atoms with Crippen molar-refractivity contribution in [1.82, 2.24) is 9.88 Å². The Balaban J connectivity index is 2.83. The summed E-state index contributed by atoms with van der Waals surface area (Å²) in [6.45, 7) is 5.39. The lowest BCUT2D eigenvalue weighted by Crippen LogP contribution is -2.34. The number of aliphatic carboxylic acids is 1. The highest BCUT2D eigenvalue weighted by Crippen LogP contribution is 2.10. The number of carboxylic acids is 1. The van der Waals surface area contributed by atoms with Gasteiger partial charge in [0.1, 0.15) is 0 Å². The molecule has 0 saturated carbocycles. The predicted molar refractivity (Wildman–Crippen MR) is 67.5 cm³/mol. The first-order chi connectivity index (χ1) is 8.32. The zero-order valence-electron chi connectivity index (χ0n) is 11.1. The Bertz CT molecular complexity index is 471. The SMILES string of the molecule is Cc1ccc(C(=O)N(C)CC(C)C(=O)O)c(C)n1. The number of nitrogens with zero attached hydrogens (tertiary/aromatic N) is 2. The van der Waals surface area contributed by atoms with Crippen molar-refractivity contribution >= 4 is 11.9 Å². The highest BCUT2D eigenvalue weighted by Gasteiger charge is 2.19. The van der Waals surface area contributed by atoms with Gasteiger partial charge in [-0.2, -0.15) is 0 Å². The van der Waals surface area contributed by atoms with Crippen LogP contribution in [-0.4, -0.2) is 40.5 Å². The maximum absolute atomic E-state index is 12.1. The fourth-order valence-electron chi connectivity index (χ4n) is 1.69. The molecule has 0 saturated heterocycles. The molecule has 1 aromatic rings. The van der Waals surface area contributed by atoms with Crippen LogP contribution in [0, 0.1) is 19.8 Å². The largest absolute Gasteiger partial charge is 0.481 e. The number of carboxylic acid groups (broad SMARTS) is 1. The first-order valence-corrected chi connectivity index (χ1v) is 5.75. The van der Waals surface area contributed by atoms with Gasteiger partial charge < -0.3 is 10.0 Å². The Labute approximate surface area is 106 Å². The van der Waals surface area contributed by atoms with E-state index in [2.05, 4.69) is 4.98 Å². The summed E-state index contributed by atoms with van der Waals surface area (Å²) in [6, 6.07) is 3.50. The van der Waals surface area contributed by atoms with E-state index in [9.17, 15) is 9.59 Å². The second kappa shape index (κ2) is 5.62. The summed E-state index contributed by atoms with van der Waals surface area (Å²) in [5, 5.41) is 8.82. The predicted octanol–water partition coefficient (Wildman–Crippen LogP) is 1.49. The van der Waals surface area contributed by atoms with Gasteiger partial charge in [-0.1, -0.05) is 6.92 Å². The van der Waals surface area contributed by atoms with Crippen LogP contribution in [0.25, 0.3) is 0 Å². The summed E-state index contributed by atoms with van der Waals surface area (Å²) >= 11 is 0. The first kappa shape index (κ1) is 14.2. The van der Waals surface area contributed by atoms with Gasteiger partial charge >= 0.3 is 5.97 Å². The Morgan fingerprint density at radius 1 is 1.39 bits per heavy atom. The molecule has 0 aliphatic carbocycles. The third-order valence-electron chi connectivity index (χ3n) is 2.77. The smallest absolute Gasteiger partial charge is 0.308 e. The number of aryl methyl sites for hydroxylation is 2. The molecule has 0 aliphatic heterocycles. The highest BCUT2D eigenvalue weighted by molar-refractivity contribution is 5.95. The number of hydrogen-bond donors (Lipinski definition) is 1. The van der Waals surface area contributed by atoms with Crippen LogP contribution in [-0.2, 0) is 4.79 Å². The molecule has 1 heterocycles. The number of carbonyl (C=O) groups is 2. The van der Waals surface area contributed by atoms with E-state index in [1.54, 1.807) is 33.0 Å². The molecular weight excluding hydrogens is 232 g/mol. The van der Waals surface area contributed by atoms with E-state index in [-0.39, 0.29) is 12.5 Å². The van der Waals surface area contributed by atoms with Crippen molar-refractivity contribution in [2.24, 2.45) is 5.92 Å². The second-order valence-electron chi connectivity index (χ2n) is 4.51. The van der Waals surface area contributed by atoms with Gasteiger partial charge in [0.25, 0.3) is 5.91 Å². The third-order valence-corrected chi connectivity index (χ3v) is 2.77. The van der Waals surface area contributed by atoms with E-state index in [4.69, 9.17) is 5.11 Å². The van der Waals surface area contributed by atoms with Gasteiger partial charge in [0.2, 0.25) is 0 Å². The lowest BCUT2D eigenvalue weighted by molar-refractivity contribution is -0.141. The van der Waals surface area contributed by atoms with Crippen LogP contribution in [0.1, 0.15) is 28.7 Å². The molecule has 0 aromatic carbocycles. The molecular formula is C13H18N2O3. The van der Waals surface area contributed by atoms with Gasteiger partial charge in [-0.05, 0) is 26.0 Å². The Morgan fingerprint density at radius 2 is 2.00 bits per heavy atom. The lowest BCUT2D eigenvalue weighted by atomic mass is 10.1. The van der Waals surface area contributed by atoms with E-state index in [1.165, 1.54) is 4.90 Å². The second-order valence-corrected chi connectivity index (χ2v) is 4.51. The summed E-state index contributed by atoms with van der Waals surface area (Å²) in [6.07, 6.45) is 0. The minimum absolute atomic E-state index is 0.182. The third kappa shape index (κ3) is 3.29. The summed E-state index contributed by atoms with van der Waals surface area (Å²) in [5.41, 5.74) is 2.03. The van der Waals surface area contributed by atoms with Gasteiger partial charge in [-0.3, -0.25) is 14.6 Å². The topological polar surface area (TPSA) is 70.5 Å². The molecule has 5 heteroatoms. The minimum atomic E-state index is -0.909. The number of amides is 1. The summed E-state index contributed by atoms with van der Waals surface area (Å²) in [4.78, 5) is 28.5. The van der Waals surface area contributed by atoms with Crippen LogP contribution >= 0.6 is 0 Å². The van der Waals surface area contributed by atoms with E-state index in [0.29, 0.717) is 11.3 Å². The fourth-order valence-corrected chi connectivity index (χ4v) is 1.69. The molecule has 0 aliphatic rings. The standard InChI is InChI=1S/C13H18N2O3/c1-8(13(17)18)7-15(4)12(16)11-6-5-9(2)14-10(11)3/h5-6,8H,7H2,1-4H3,(H,17,18). The summed E-state index contributed by atoms with van der Waals surface area (Å²) in [7, 11) is 1.60. The average Bonchev–Trinajstić information content (AvgIpc) is 2.27. The Morgan fingerprint density at radius 3 is 2.50 bits per heavy atom. The van der Waals surface area contributed by atoms with Crippen LogP contribution in [0.3, 0.4) is 0 Å². The van der Waals surface area contributed by atoms with Crippen molar-refractivity contribution in [3.8, 4) is 0 Å². The van der Waals surface area contributed by atoms with Gasteiger partial charge in [0.05, 0.1) is 17.2 Å². The minimum Gasteiger partial charge on any atom is -0.481 e. The number of hydrogen-bond acceptors (Lipinski definition) is 3. The maximum atomic E-state index is 12.1. The van der Waals surface area contributed by atoms with Crippen molar-refractivity contribution in [3.63, 3.8) is 0 Å². The molecule has 1 N–H and O–H groups in total. The van der Waals surface area contributed by atoms with Gasteiger partial charge in [0.15, 0.2) is 0 Å². The van der Waals surface area contributed by atoms with E-state index in [0.717, 1.165) is 5.69 Å². The Kier molecular flexibility index (Phi) is 4.42. The van der Waals surface area contributed by atoms with Crippen LogP contribution < -0.4 is 0 Å². The maximum Gasteiger partial charge on any atom is 0.308 e. The molecule has 18 heavy (non-hydrogen) atoms. The fraction of sp³-hybridized carbons (Fsp3) is 0.462. The van der Waals surface area contributed by atoms with Crippen molar-refractivity contribution in [2.45, 2.75) is 20.8 Å². The van der Waals surface area contributed by atoms with E-state index in [1.807, 2.05) is 6.92 Å². The van der Waals surface area contributed by atoms with Crippen LogP contribution in [0.5, 0.6) is 0 Å². The van der Waals surface area contributed by atoms with Gasteiger partial charge in [0, 0.05) is 19.3 Å². The lowest BCUT2D eigenvalue weighted by Gasteiger charge is -2.20. The molecule has 5 nitrogen and oxygen atoms in total. The first-order valence-electron chi connectivity index (χ1n) is 5.75. The monoisotopic (exact) mass is 250 g/mol. The number of pyridine rings is 1. The molecule has 98 valence electrons. The molecule has 1 amide bonds. The number of carbonyl (C=O) groups excluding carboxylic acids is 1. The van der Waals surface area contributed by atoms with Crippen molar-refractivity contribution in [1.29, 1.82) is 0 Å². The molecule has 0 radical (unpaired) electrons. The zero-order valence-corrected chi connectivity index (χ0v) is 11.1. The zero-order chi connectivity index (χ0) is 13.9. The van der Waals surface area contributed by atoms with Gasteiger partial charge in [-0.15, -0.1) is 0 Å². The van der Waals surface area contributed by atoms with Crippen LogP contribution in [0.4, 0.5) is 0 Å². The van der Waals surface area contributed by atoms with Crippen LogP contribution in [0.15, 0.2) is 12.1 Å². The molecule has 1 aromatic heterocycles. The summed E-state index contributed by atoms with van der Waals surface area (Å²) < 4.78 is 0. The highest BCUT2D eigenvalue weighted by atomic mass is 16.4. The van der Waals surface area contributed by atoms with Crippen molar-refractivity contribution < 1.29 is 14.7 Å². The molecule has 1 atom stereocenters.